The largest absolute Gasteiger partial charge is 0.416 e. The molecule has 108 valence electrons. The lowest BCUT2D eigenvalue weighted by Gasteiger charge is -2.18. The van der Waals surface area contributed by atoms with Gasteiger partial charge in [-0.15, -0.1) is 0 Å². The van der Waals surface area contributed by atoms with E-state index in [9.17, 15) is 13.2 Å². The third-order valence-electron chi connectivity index (χ3n) is 3.28. The summed E-state index contributed by atoms with van der Waals surface area (Å²) in [6.45, 7) is 2.13. The van der Waals surface area contributed by atoms with E-state index in [0.717, 1.165) is 31.7 Å². The van der Waals surface area contributed by atoms with Crippen molar-refractivity contribution < 1.29 is 13.2 Å². The standard InChI is InChI=1S/C15H22F3N/c1-2-3-4-5-6-11-14(19)12-9-7-8-10-13(12)15(16,17)18/h7-10,14H,2-6,11,19H2,1H3. The Morgan fingerprint density at radius 1 is 1.05 bits per heavy atom. The van der Waals surface area contributed by atoms with Crippen LogP contribution < -0.4 is 5.73 Å². The molecule has 0 spiro atoms. The van der Waals surface area contributed by atoms with E-state index in [1.54, 1.807) is 6.07 Å². The summed E-state index contributed by atoms with van der Waals surface area (Å²) in [6, 6.07) is 5.08. The van der Waals surface area contributed by atoms with Gasteiger partial charge in [-0.3, -0.25) is 0 Å². The maximum atomic E-state index is 12.8. The van der Waals surface area contributed by atoms with Gasteiger partial charge >= 0.3 is 6.18 Å². The number of hydrogen-bond donors (Lipinski definition) is 1. The number of nitrogens with two attached hydrogens (primary N) is 1. The number of benzene rings is 1. The quantitative estimate of drug-likeness (QED) is 0.690. The zero-order valence-corrected chi connectivity index (χ0v) is 11.3. The average Bonchev–Trinajstić information content (AvgIpc) is 2.37. The molecule has 1 nitrogen and oxygen atoms in total. The summed E-state index contributed by atoms with van der Waals surface area (Å²) < 4.78 is 38.5. The van der Waals surface area contributed by atoms with E-state index in [1.165, 1.54) is 18.6 Å². The molecule has 4 heteroatoms. The fourth-order valence-electron chi connectivity index (χ4n) is 2.20. The molecule has 1 rings (SSSR count). The van der Waals surface area contributed by atoms with Crippen LogP contribution >= 0.6 is 0 Å². The summed E-state index contributed by atoms with van der Waals surface area (Å²) >= 11 is 0. The molecule has 0 amide bonds. The fraction of sp³-hybridized carbons (Fsp3) is 0.600. The number of alkyl halides is 3. The smallest absolute Gasteiger partial charge is 0.324 e. The summed E-state index contributed by atoms with van der Waals surface area (Å²) in [7, 11) is 0. The predicted octanol–water partition coefficient (Wildman–Crippen LogP) is 5.07. The highest BCUT2D eigenvalue weighted by molar-refractivity contribution is 5.32. The topological polar surface area (TPSA) is 26.0 Å². The molecule has 0 aliphatic heterocycles. The minimum Gasteiger partial charge on any atom is -0.324 e. The Kier molecular flexibility index (Phi) is 6.35. The number of rotatable bonds is 7. The molecule has 0 aliphatic rings. The van der Waals surface area contributed by atoms with Gasteiger partial charge in [0.05, 0.1) is 5.56 Å². The fourth-order valence-corrected chi connectivity index (χ4v) is 2.20. The van der Waals surface area contributed by atoms with Crippen molar-refractivity contribution >= 4 is 0 Å². The van der Waals surface area contributed by atoms with Gasteiger partial charge in [0.2, 0.25) is 0 Å². The lowest BCUT2D eigenvalue weighted by Crippen LogP contribution is -2.17. The summed E-state index contributed by atoms with van der Waals surface area (Å²) in [5.41, 5.74) is 5.52. The normalized spacial score (nSPS) is 13.5. The first kappa shape index (κ1) is 16.0. The van der Waals surface area contributed by atoms with E-state index >= 15 is 0 Å². The van der Waals surface area contributed by atoms with Crippen molar-refractivity contribution in [1.82, 2.24) is 0 Å². The van der Waals surface area contributed by atoms with Crippen molar-refractivity contribution in [2.45, 2.75) is 57.7 Å². The maximum Gasteiger partial charge on any atom is 0.416 e. The highest BCUT2D eigenvalue weighted by atomic mass is 19.4. The molecule has 0 bridgehead atoms. The van der Waals surface area contributed by atoms with Crippen LogP contribution in [-0.2, 0) is 6.18 Å². The Balaban J connectivity index is 2.59. The van der Waals surface area contributed by atoms with Crippen molar-refractivity contribution in [2.75, 3.05) is 0 Å². The molecule has 0 saturated heterocycles. The van der Waals surface area contributed by atoms with E-state index in [2.05, 4.69) is 6.92 Å². The Bertz CT molecular complexity index is 374. The molecular weight excluding hydrogens is 251 g/mol. The maximum absolute atomic E-state index is 12.8. The van der Waals surface area contributed by atoms with Crippen molar-refractivity contribution in [3.8, 4) is 0 Å². The first-order chi connectivity index (χ1) is 8.96. The number of halogens is 3. The Labute approximate surface area is 113 Å². The van der Waals surface area contributed by atoms with Gasteiger partial charge in [0, 0.05) is 6.04 Å². The van der Waals surface area contributed by atoms with Gasteiger partial charge < -0.3 is 5.73 Å². The van der Waals surface area contributed by atoms with Crippen LogP contribution in [0, 0.1) is 0 Å². The number of unbranched alkanes of at least 4 members (excludes halogenated alkanes) is 4. The van der Waals surface area contributed by atoms with Gasteiger partial charge in [-0.05, 0) is 18.1 Å². The molecule has 0 fully saturated rings. The van der Waals surface area contributed by atoms with Crippen molar-refractivity contribution in [1.29, 1.82) is 0 Å². The van der Waals surface area contributed by atoms with Crippen LogP contribution in [0.1, 0.15) is 62.6 Å². The van der Waals surface area contributed by atoms with Gasteiger partial charge in [-0.25, -0.2) is 0 Å². The minimum atomic E-state index is -4.32. The van der Waals surface area contributed by atoms with Crippen LogP contribution in [0.15, 0.2) is 24.3 Å². The highest BCUT2D eigenvalue weighted by Crippen LogP contribution is 2.35. The molecule has 1 aromatic carbocycles. The van der Waals surface area contributed by atoms with E-state index in [1.807, 2.05) is 0 Å². The van der Waals surface area contributed by atoms with Crippen LogP contribution in [0.25, 0.3) is 0 Å². The van der Waals surface area contributed by atoms with Gasteiger partial charge in [0.1, 0.15) is 0 Å². The highest BCUT2D eigenvalue weighted by Gasteiger charge is 2.34. The van der Waals surface area contributed by atoms with Crippen molar-refractivity contribution in [2.24, 2.45) is 5.73 Å². The van der Waals surface area contributed by atoms with Crippen LogP contribution in [-0.4, -0.2) is 0 Å². The lowest BCUT2D eigenvalue weighted by molar-refractivity contribution is -0.138. The van der Waals surface area contributed by atoms with E-state index in [-0.39, 0.29) is 5.56 Å². The molecule has 1 atom stereocenters. The van der Waals surface area contributed by atoms with Crippen molar-refractivity contribution in [3.05, 3.63) is 35.4 Å². The molecule has 0 aromatic heterocycles. The van der Waals surface area contributed by atoms with Crippen LogP contribution in [0.2, 0.25) is 0 Å². The Morgan fingerprint density at radius 2 is 1.68 bits per heavy atom. The average molecular weight is 273 g/mol. The second-order valence-corrected chi connectivity index (χ2v) is 4.89. The van der Waals surface area contributed by atoms with Gasteiger partial charge in [0.25, 0.3) is 0 Å². The molecule has 0 saturated carbocycles. The first-order valence-electron chi connectivity index (χ1n) is 6.88. The second-order valence-electron chi connectivity index (χ2n) is 4.89. The Hall–Kier alpha value is -1.03. The molecule has 0 heterocycles. The third-order valence-corrected chi connectivity index (χ3v) is 3.28. The molecule has 19 heavy (non-hydrogen) atoms. The van der Waals surface area contributed by atoms with E-state index < -0.39 is 17.8 Å². The lowest BCUT2D eigenvalue weighted by atomic mass is 9.96. The van der Waals surface area contributed by atoms with E-state index in [0.29, 0.717) is 6.42 Å². The second kappa shape index (κ2) is 7.53. The molecule has 2 N–H and O–H groups in total. The zero-order chi connectivity index (χ0) is 14.3. The number of hydrogen-bond acceptors (Lipinski definition) is 1. The predicted molar refractivity (Wildman–Crippen MR) is 71.7 cm³/mol. The van der Waals surface area contributed by atoms with Crippen molar-refractivity contribution in [3.63, 3.8) is 0 Å². The Morgan fingerprint density at radius 3 is 2.32 bits per heavy atom. The molecule has 0 aliphatic carbocycles. The zero-order valence-electron chi connectivity index (χ0n) is 11.3. The summed E-state index contributed by atoms with van der Waals surface area (Å²) in [5, 5.41) is 0. The SMILES string of the molecule is CCCCCCCC(N)c1ccccc1C(F)(F)F. The monoisotopic (exact) mass is 273 g/mol. The molecule has 0 radical (unpaired) electrons. The van der Waals surface area contributed by atoms with Gasteiger partial charge in [0.15, 0.2) is 0 Å². The van der Waals surface area contributed by atoms with Crippen LogP contribution in [0.4, 0.5) is 13.2 Å². The van der Waals surface area contributed by atoms with Crippen LogP contribution in [0.3, 0.4) is 0 Å². The van der Waals surface area contributed by atoms with E-state index in [4.69, 9.17) is 5.73 Å². The minimum absolute atomic E-state index is 0.213. The molecule has 1 aromatic rings. The molecular formula is C15H22F3N. The summed E-state index contributed by atoms with van der Waals surface area (Å²) in [5.74, 6) is 0. The van der Waals surface area contributed by atoms with Crippen LogP contribution in [0.5, 0.6) is 0 Å². The molecule has 1 unspecified atom stereocenters. The third kappa shape index (κ3) is 5.23. The van der Waals surface area contributed by atoms with Gasteiger partial charge in [-0.1, -0.05) is 57.2 Å². The van der Waals surface area contributed by atoms with Gasteiger partial charge in [-0.2, -0.15) is 13.2 Å². The first-order valence-corrected chi connectivity index (χ1v) is 6.88. The summed E-state index contributed by atoms with van der Waals surface area (Å²) in [6.07, 6.45) is 1.66. The summed E-state index contributed by atoms with van der Waals surface area (Å²) in [4.78, 5) is 0.